The fraction of sp³-hybridized carbons (Fsp3) is 0.467. The summed E-state index contributed by atoms with van der Waals surface area (Å²) in [6.45, 7) is 4.26. The molecule has 0 saturated heterocycles. The Morgan fingerprint density at radius 3 is 2.95 bits per heavy atom. The molecule has 114 valence electrons. The molecule has 1 N–H and O–H groups in total. The molecule has 1 saturated carbocycles. The molecule has 22 heavy (non-hydrogen) atoms. The van der Waals surface area contributed by atoms with Gasteiger partial charge in [-0.05, 0) is 38.3 Å². The van der Waals surface area contributed by atoms with Crippen molar-refractivity contribution in [2.45, 2.75) is 45.1 Å². The summed E-state index contributed by atoms with van der Waals surface area (Å²) in [5.41, 5.74) is 0.808. The normalized spacial score (nSPS) is 16.1. The zero-order valence-corrected chi connectivity index (χ0v) is 13.5. The van der Waals surface area contributed by atoms with Crippen molar-refractivity contribution in [3.8, 4) is 0 Å². The van der Waals surface area contributed by atoms with Gasteiger partial charge in [0.1, 0.15) is 10.8 Å². The van der Waals surface area contributed by atoms with E-state index in [2.05, 4.69) is 39.4 Å². The van der Waals surface area contributed by atoms with E-state index in [0.717, 1.165) is 28.7 Å². The highest BCUT2D eigenvalue weighted by molar-refractivity contribution is 7.11. The molecule has 6 nitrogen and oxygen atoms in total. The second-order valence-electron chi connectivity index (χ2n) is 5.71. The number of aromatic nitrogens is 5. The highest BCUT2D eigenvalue weighted by atomic mass is 32.1. The monoisotopic (exact) mass is 314 g/mol. The maximum atomic E-state index is 4.65. The molecule has 0 spiro atoms. The van der Waals surface area contributed by atoms with E-state index in [1.165, 1.54) is 17.7 Å². The lowest BCUT2D eigenvalue weighted by Gasteiger charge is -2.11. The summed E-state index contributed by atoms with van der Waals surface area (Å²) >= 11 is 1.75. The fourth-order valence-electron chi connectivity index (χ4n) is 2.45. The van der Waals surface area contributed by atoms with Gasteiger partial charge >= 0.3 is 0 Å². The van der Waals surface area contributed by atoms with Crippen LogP contribution < -0.4 is 5.32 Å². The lowest BCUT2D eigenvalue weighted by molar-refractivity contribution is 0.795. The van der Waals surface area contributed by atoms with E-state index in [1.807, 2.05) is 22.8 Å². The summed E-state index contributed by atoms with van der Waals surface area (Å²) < 4.78 is 1.87. The number of rotatable bonds is 5. The molecule has 1 aliphatic rings. The van der Waals surface area contributed by atoms with E-state index < -0.39 is 0 Å². The molecular formula is C15H18N6S. The molecule has 3 aromatic heterocycles. The van der Waals surface area contributed by atoms with Crippen molar-refractivity contribution in [2.24, 2.45) is 0 Å². The Morgan fingerprint density at radius 2 is 2.23 bits per heavy atom. The molecule has 0 bridgehead atoms. The molecule has 4 rings (SSSR count). The van der Waals surface area contributed by atoms with Gasteiger partial charge in [-0.3, -0.25) is 0 Å². The van der Waals surface area contributed by atoms with E-state index >= 15 is 0 Å². The molecule has 1 atom stereocenters. The van der Waals surface area contributed by atoms with Crippen LogP contribution in [0.5, 0.6) is 0 Å². The van der Waals surface area contributed by atoms with Gasteiger partial charge in [0.05, 0.1) is 6.04 Å². The van der Waals surface area contributed by atoms with Crippen molar-refractivity contribution in [3.05, 3.63) is 34.0 Å². The van der Waals surface area contributed by atoms with Gasteiger partial charge in [-0.1, -0.05) is 6.92 Å². The highest BCUT2D eigenvalue weighted by Gasteiger charge is 2.29. The molecule has 0 amide bonds. The minimum absolute atomic E-state index is 0.135. The average Bonchev–Trinajstić information content (AvgIpc) is 3.11. The Hall–Kier alpha value is -2.02. The van der Waals surface area contributed by atoms with Crippen LogP contribution in [0.2, 0.25) is 0 Å². The first-order chi connectivity index (χ1) is 10.7. The van der Waals surface area contributed by atoms with Gasteiger partial charge in [0.2, 0.25) is 0 Å². The number of anilines is 1. The zero-order chi connectivity index (χ0) is 15.1. The summed E-state index contributed by atoms with van der Waals surface area (Å²) in [6.07, 6.45) is 5.37. The van der Waals surface area contributed by atoms with E-state index in [4.69, 9.17) is 0 Å². The number of nitrogens with zero attached hydrogens (tertiary/aromatic N) is 5. The number of nitrogens with one attached hydrogen (secondary N) is 1. The Bertz CT molecular complexity index is 803. The molecule has 7 heteroatoms. The molecule has 0 aromatic carbocycles. The van der Waals surface area contributed by atoms with Crippen molar-refractivity contribution < 1.29 is 0 Å². The summed E-state index contributed by atoms with van der Waals surface area (Å²) in [5, 5.41) is 17.6. The summed E-state index contributed by atoms with van der Waals surface area (Å²) in [5.74, 6) is 2.34. The van der Waals surface area contributed by atoms with Gasteiger partial charge < -0.3 is 5.32 Å². The molecule has 1 aliphatic carbocycles. The topological polar surface area (TPSA) is 68.0 Å². The van der Waals surface area contributed by atoms with Crippen molar-refractivity contribution in [3.63, 3.8) is 0 Å². The Balaban J connectivity index is 1.59. The van der Waals surface area contributed by atoms with Crippen molar-refractivity contribution in [2.75, 3.05) is 5.32 Å². The lowest BCUT2D eigenvalue weighted by Crippen LogP contribution is -2.09. The van der Waals surface area contributed by atoms with Crippen LogP contribution in [-0.4, -0.2) is 24.8 Å². The third-order valence-electron chi connectivity index (χ3n) is 3.88. The van der Waals surface area contributed by atoms with Crippen LogP contribution in [0.4, 0.5) is 5.82 Å². The Morgan fingerprint density at radius 1 is 1.36 bits per heavy atom. The zero-order valence-electron chi connectivity index (χ0n) is 12.7. The first-order valence-corrected chi connectivity index (χ1v) is 8.49. The van der Waals surface area contributed by atoms with Crippen LogP contribution >= 0.6 is 11.3 Å². The molecule has 0 radical (unpaired) electrons. The number of fused-ring (bicyclic) bond motifs is 1. The van der Waals surface area contributed by atoms with Crippen LogP contribution in [0.3, 0.4) is 0 Å². The van der Waals surface area contributed by atoms with Crippen LogP contribution in [-0.2, 0) is 6.42 Å². The van der Waals surface area contributed by atoms with Gasteiger partial charge in [-0.2, -0.15) is 4.52 Å². The smallest absolute Gasteiger partial charge is 0.178 e. The molecular weight excluding hydrogens is 296 g/mol. The minimum atomic E-state index is 0.135. The second kappa shape index (κ2) is 5.31. The van der Waals surface area contributed by atoms with E-state index in [1.54, 1.807) is 11.3 Å². The number of thiazole rings is 1. The number of aryl methyl sites for hydroxylation is 1. The van der Waals surface area contributed by atoms with Gasteiger partial charge in [-0.15, -0.1) is 26.6 Å². The van der Waals surface area contributed by atoms with Gasteiger partial charge in [-0.25, -0.2) is 4.98 Å². The average molecular weight is 314 g/mol. The van der Waals surface area contributed by atoms with Gasteiger partial charge in [0.25, 0.3) is 0 Å². The van der Waals surface area contributed by atoms with Gasteiger partial charge in [0.15, 0.2) is 11.5 Å². The summed E-state index contributed by atoms with van der Waals surface area (Å²) in [6, 6.07) is 4.04. The summed E-state index contributed by atoms with van der Waals surface area (Å²) in [4.78, 5) is 5.80. The number of hydrogen-bond acceptors (Lipinski definition) is 6. The van der Waals surface area contributed by atoms with Crippen LogP contribution in [0, 0.1) is 0 Å². The standard InChI is InChI=1S/C15H18N6S/c1-3-11-8-16-15(22-11)9(2)17-12-6-7-13-18-19-14(10-4-5-10)21(13)20-12/h6-10H,3-5H2,1-2H3,(H,17,20). The first-order valence-electron chi connectivity index (χ1n) is 7.68. The van der Waals surface area contributed by atoms with E-state index in [9.17, 15) is 0 Å². The molecule has 3 aromatic rings. The fourth-order valence-corrected chi connectivity index (χ4v) is 3.31. The van der Waals surface area contributed by atoms with Crippen molar-refractivity contribution in [1.82, 2.24) is 24.8 Å². The van der Waals surface area contributed by atoms with E-state index in [0.29, 0.717) is 5.92 Å². The minimum Gasteiger partial charge on any atom is -0.360 e. The SMILES string of the molecule is CCc1cnc(C(C)Nc2ccc3nnc(C4CC4)n3n2)s1. The Kier molecular flexibility index (Phi) is 3.29. The van der Waals surface area contributed by atoms with Crippen molar-refractivity contribution in [1.29, 1.82) is 0 Å². The largest absolute Gasteiger partial charge is 0.360 e. The van der Waals surface area contributed by atoms with Crippen LogP contribution in [0.15, 0.2) is 18.3 Å². The van der Waals surface area contributed by atoms with Crippen LogP contribution in [0.1, 0.15) is 54.4 Å². The maximum Gasteiger partial charge on any atom is 0.178 e. The predicted octanol–water partition coefficient (Wildman–Crippen LogP) is 3.19. The molecule has 3 heterocycles. The van der Waals surface area contributed by atoms with E-state index in [-0.39, 0.29) is 6.04 Å². The third-order valence-corrected chi connectivity index (χ3v) is 5.21. The molecule has 1 unspecified atom stereocenters. The van der Waals surface area contributed by atoms with Gasteiger partial charge in [0, 0.05) is 17.0 Å². The molecule has 0 aliphatic heterocycles. The third kappa shape index (κ3) is 2.45. The summed E-state index contributed by atoms with van der Waals surface area (Å²) in [7, 11) is 0. The Labute approximate surface area is 132 Å². The van der Waals surface area contributed by atoms with Crippen LogP contribution in [0.25, 0.3) is 5.65 Å². The first kappa shape index (κ1) is 13.6. The van der Waals surface area contributed by atoms with Crippen molar-refractivity contribution >= 4 is 22.8 Å². The predicted molar refractivity (Wildman–Crippen MR) is 86.3 cm³/mol. The molecule has 1 fully saturated rings. The quantitative estimate of drug-likeness (QED) is 0.783. The number of hydrogen-bond donors (Lipinski definition) is 1. The lowest BCUT2D eigenvalue weighted by atomic mass is 10.3. The second-order valence-corrected chi connectivity index (χ2v) is 6.85. The maximum absolute atomic E-state index is 4.65. The highest BCUT2D eigenvalue weighted by Crippen LogP contribution is 2.38.